The maximum atomic E-state index is 13.1. The van der Waals surface area contributed by atoms with Gasteiger partial charge in [0.25, 0.3) is 0 Å². The fraction of sp³-hybridized carbons (Fsp3) is 0.412. The van der Waals surface area contributed by atoms with Gasteiger partial charge in [-0.3, -0.25) is 19.2 Å². The maximum absolute atomic E-state index is 13.1. The zero-order chi connectivity index (χ0) is 35.1. The van der Waals surface area contributed by atoms with Gasteiger partial charge >= 0.3 is 35.9 Å². The van der Waals surface area contributed by atoms with E-state index in [1.807, 2.05) is 12.1 Å². The van der Waals surface area contributed by atoms with Gasteiger partial charge in [-0.25, -0.2) is 9.59 Å². The minimum Gasteiger partial charge on any atom is -0.463 e. The van der Waals surface area contributed by atoms with Crippen LogP contribution in [0.3, 0.4) is 0 Å². The van der Waals surface area contributed by atoms with Crippen molar-refractivity contribution in [2.75, 3.05) is 6.61 Å². The molecule has 0 radical (unpaired) electrons. The molecule has 1 amide bonds. The summed E-state index contributed by atoms with van der Waals surface area (Å²) in [5.74, 6) is -3.72. The average Bonchev–Trinajstić information content (AvgIpc) is 3.04. The summed E-state index contributed by atoms with van der Waals surface area (Å²) < 4.78 is 38.2. The van der Waals surface area contributed by atoms with Crippen LogP contribution in [-0.4, -0.2) is 79.1 Å². The third kappa shape index (κ3) is 12.5. The first kappa shape index (κ1) is 37.2. The number of alkyl carbamates (subject to hydrolysis) is 1. The topological polar surface area (TPSA) is 179 Å². The zero-order valence-electron chi connectivity index (χ0n) is 27.0. The molecule has 14 heteroatoms. The molecule has 6 atom stereocenters. The van der Waals surface area contributed by atoms with Crippen LogP contribution in [0.25, 0.3) is 0 Å². The standard InChI is InChI=1S/C34H39NO13/c1-21(36)42-20-29-31(46-23(3)38)32(47-24(4)39)30(45-22(2)37)28(48-29)17-11-16-27(33(40)43-18-25-12-7-5-8-13-25)35-34(41)44-19-26-14-9-6-10-15-26/h5-16,27-32H,17-20H2,1-4H3,(H,35,41)/t27-,28+,29?,30?,31-,32+/m0/s1. The van der Waals surface area contributed by atoms with Crippen LogP contribution < -0.4 is 5.32 Å². The van der Waals surface area contributed by atoms with E-state index in [-0.39, 0.29) is 26.2 Å². The molecule has 2 aromatic carbocycles. The lowest BCUT2D eigenvalue weighted by atomic mass is 9.92. The van der Waals surface area contributed by atoms with Crippen LogP contribution in [0.4, 0.5) is 4.79 Å². The van der Waals surface area contributed by atoms with Crippen LogP contribution in [0.2, 0.25) is 0 Å². The molecular weight excluding hydrogens is 630 g/mol. The Morgan fingerprint density at radius 1 is 0.667 bits per heavy atom. The summed E-state index contributed by atoms with van der Waals surface area (Å²) in [5, 5.41) is 2.48. The molecule has 1 N–H and O–H groups in total. The number of ether oxygens (including phenoxy) is 7. The number of carbonyl (C=O) groups is 6. The van der Waals surface area contributed by atoms with Crippen LogP contribution in [0, 0.1) is 0 Å². The number of esters is 5. The predicted octanol–water partition coefficient (Wildman–Crippen LogP) is 3.10. The summed E-state index contributed by atoms with van der Waals surface area (Å²) >= 11 is 0. The minimum atomic E-state index is -1.35. The van der Waals surface area contributed by atoms with Gasteiger partial charge in [0.15, 0.2) is 18.3 Å². The molecule has 1 aliphatic rings. The molecule has 14 nitrogen and oxygen atoms in total. The van der Waals surface area contributed by atoms with Crippen molar-refractivity contribution in [2.45, 2.75) is 83.9 Å². The van der Waals surface area contributed by atoms with Crippen LogP contribution in [-0.2, 0) is 70.3 Å². The molecule has 0 bridgehead atoms. The average molecular weight is 670 g/mol. The molecule has 48 heavy (non-hydrogen) atoms. The van der Waals surface area contributed by atoms with Crippen LogP contribution in [0.15, 0.2) is 72.8 Å². The SMILES string of the molecule is CC(=O)OCC1O[C@H](CC=C[C@H](NC(=O)OCc2ccccc2)C(=O)OCc2ccccc2)C(OC(C)=O)[C@@H](OC(C)=O)[C@H]1OC(C)=O. The lowest BCUT2D eigenvalue weighted by Gasteiger charge is -2.44. The monoisotopic (exact) mass is 669 g/mol. The van der Waals surface area contributed by atoms with Gasteiger partial charge in [0, 0.05) is 27.7 Å². The molecule has 0 aromatic heterocycles. The van der Waals surface area contributed by atoms with E-state index in [0.29, 0.717) is 0 Å². The third-order valence-corrected chi connectivity index (χ3v) is 6.75. The van der Waals surface area contributed by atoms with Crippen molar-refractivity contribution >= 4 is 35.9 Å². The Hall–Kier alpha value is -5.24. The highest BCUT2D eigenvalue weighted by atomic mass is 16.7. The van der Waals surface area contributed by atoms with Gasteiger partial charge in [-0.15, -0.1) is 0 Å². The van der Waals surface area contributed by atoms with E-state index in [1.54, 1.807) is 48.5 Å². The second-order valence-electron chi connectivity index (χ2n) is 10.7. The van der Waals surface area contributed by atoms with Crippen LogP contribution >= 0.6 is 0 Å². The van der Waals surface area contributed by atoms with Crippen LogP contribution in [0.5, 0.6) is 0 Å². The van der Waals surface area contributed by atoms with E-state index < -0.39 is 72.5 Å². The second kappa shape index (κ2) is 18.8. The van der Waals surface area contributed by atoms with Gasteiger partial charge in [-0.05, 0) is 17.5 Å². The highest BCUT2D eigenvalue weighted by Gasteiger charge is 2.51. The molecule has 0 spiro atoms. The van der Waals surface area contributed by atoms with Gasteiger partial charge in [-0.2, -0.15) is 0 Å². The lowest BCUT2D eigenvalue weighted by Crippen LogP contribution is -2.62. The van der Waals surface area contributed by atoms with E-state index in [1.165, 1.54) is 19.1 Å². The molecule has 0 saturated carbocycles. The van der Waals surface area contributed by atoms with Crippen molar-refractivity contribution in [2.24, 2.45) is 0 Å². The number of hydrogen-bond donors (Lipinski definition) is 1. The number of rotatable bonds is 14. The Bertz CT molecular complexity index is 1430. The molecule has 3 rings (SSSR count). The Kier molecular flexibility index (Phi) is 14.6. The van der Waals surface area contributed by atoms with Crippen molar-refractivity contribution < 1.29 is 61.9 Å². The van der Waals surface area contributed by atoms with Gasteiger partial charge in [0.1, 0.15) is 38.1 Å². The van der Waals surface area contributed by atoms with Gasteiger partial charge in [0.05, 0.1) is 0 Å². The Morgan fingerprint density at radius 3 is 1.69 bits per heavy atom. The Morgan fingerprint density at radius 2 is 1.17 bits per heavy atom. The molecular formula is C34H39NO13. The first-order valence-electron chi connectivity index (χ1n) is 15.1. The zero-order valence-corrected chi connectivity index (χ0v) is 27.0. The normalized spacial score (nSPS) is 20.9. The maximum Gasteiger partial charge on any atom is 0.408 e. The molecule has 1 heterocycles. The van der Waals surface area contributed by atoms with Crippen molar-refractivity contribution in [3.05, 3.63) is 83.9 Å². The Labute approximate surface area is 277 Å². The van der Waals surface area contributed by atoms with Crippen LogP contribution in [0.1, 0.15) is 45.2 Å². The molecule has 0 aliphatic carbocycles. The fourth-order valence-electron chi connectivity index (χ4n) is 4.75. The molecule has 1 saturated heterocycles. The van der Waals surface area contributed by atoms with E-state index >= 15 is 0 Å². The smallest absolute Gasteiger partial charge is 0.408 e. The molecule has 1 aliphatic heterocycles. The fourth-order valence-corrected chi connectivity index (χ4v) is 4.75. The van der Waals surface area contributed by atoms with Crippen molar-refractivity contribution in [3.63, 3.8) is 0 Å². The summed E-state index contributed by atoms with van der Waals surface area (Å²) in [6, 6.07) is 16.5. The second-order valence-corrected chi connectivity index (χ2v) is 10.7. The van der Waals surface area contributed by atoms with Gasteiger partial charge in [-0.1, -0.05) is 72.8 Å². The summed E-state index contributed by atoms with van der Waals surface area (Å²) in [6.45, 7) is 4.05. The molecule has 1 fully saturated rings. The minimum absolute atomic E-state index is 0.0487. The van der Waals surface area contributed by atoms with Gasteiger partial charge in [0.2, 0.25) is 0 Å². The number of amides is 1. The van der Waals surface area contributed by atoms with Gasteiger partial charge < -0.3 is 38.5 Å². The molecule has 2 unspecified atom stereocenters. The van der Waals surface area contributed by atoms with E-state index in [0.717, 1.165) is 31.9 Å². The first-order chi connectivity index (χ1) is 22.9. The van der Waals surface area contributed by atoms with E-state index in [4.69, 9.17) is 33.2 Å². The number of carbonyl (C=O) groups excluding carboxylic acids is 6. The molecule has 2 aromatic rings. The quantitative estimate of drug-likeness (QED) is 0.176. The van der Waals surface area contributed by atoms with Crippen molar-refractivity contribution in [1.29, 1.82) is 0 Å². The predicted molar refractivity (Wildman–Crippen MR) is 166 cm³/mol. The summed E-state index contributed by atoms with van der Waals surface area (Å²) in [7, 11) is 0. The summed E-state index contributed by atoms with van der Waals surface area (Å²) in [6.07, 6.45) is -4.31. The van der Waals surface area contributed by atoms with E-state index in [9.17, 15) is 28.8 Å². The third-order valence-electron chi connectivity index (χ3n) is 6.75. The van der Waals surface area contributed by atoms with E-state index in [2.05, 4.69) is 5.32 Å². The number of hydrogen-bond acceptors (Lipinski definition) is 13. The largest absolute Gasteiger partial charge is 0.463 e. The summed E-state index contributed by atoms with van der Waals surface area (Å²) in [5.41, 5.74) is 1.45. The highest BCUT2D eigenvalue weighted by Crippen LogP contribution is 2.31. The Balaban J connectivity index is 1.84. The highest BCUT2D eigenvalue weighted by molar-refractivity contribution is 5.83. The molecule has 258 valence electrons. The lowest BCUT2D eigenvalue weighted by molar-refractivity contribution is -0.251. The first-order valence-corrected chi connectivity index (χ1v) is 15.1. The number of benzene rings is 2. The van der Waals surface area contributed by atoms with Crippen molar-refractivity contribution in [1.82, 2.24) is 5.32 Å². The summed E-state index contributed by atoms with van der Waals surface area (Å²) in [4.78, 5) is 73.6. The number of nitrogens with one attached hydrogen (secondary N) is 1. The van der Waals surface area contributed by atoms with Crippen molar-refractivity contribution in [3.8, 4) is 0 Å².